The number of hydrogen-bond donors (Lipinski definition) is 4. The van der Waals surface area contributed by atoms with Crippen molar-refractivity contribution < 1.29 is 28.7 Å². The van der Waals surface area contributed by atoms with E-state index in [1.54, 1.807) is 0 Å². The Kier molecular flexibility index (Phi) is 13.5. The zero-order valence-electron chi connectivity index (χ0n) is 41.3. The van der Waals surface area contributed by atoms with Crippen LogP contribution in [0.4, 0.5) is 9.59 Å². The van der Waals surface area contributed by atoms with Crippen molar-refractivity contribution in [2.45, 2.75) is 154 Å². The van der Waals surface area contributed by atoms with Crippen molar-refractivity contribution in [3.8, 4) is 11.1 Å². The Balaban J connectivity index is 0.963. The summed E-state index contributed by atoms with van der Waals surface area (Å²) >= 11 is 0. The first-order chi connectivity index (χ1) is 32.7. The number of imidazole rings is 2. The molecule has 0 spiro atoms. The number of amides is 4. The maximum absolute atomic E-state index is 14.5. The second-order valence-electron chi connectivity index (χ2n) is 21.4. The van der Waals surface area contributed by atoms with E-state index in [-0.39, 0.29) is 47.2 Å². The third-order valence-electron chi connectivity index (χ3n) is 16.5. The summed E-state index contributed by atoms with van der Waals surface area (Å²) in [7, 11) is 2.65. The van der Waals surface area contributed by atoms with E-state index in [1.165, 1.54) is 42.9 Å². The first kappa shape index (κ1) is 47.4. The topological polar surface area (TPSA) is 175 Å². The van der Waals surface area contributed by atoms with E-state index < -0.39 is 24.3 Å². The maximum atomic E-state index is 14.5. The molecule has 4 heterocycles. The van der Waals surface area contributed by atoms with E-state index in [0.29, 0.717) is 24.3 Å². The fourth-order valence-corrected chi connectivity index (χ4v) is 12.6. The van der Waals surface area contributed by atoms with Crippen LogP contribution in [-0.2, 0) is 37.3 Å². The minimum Gasteiger partial charge on any atom is -0.453 e. The smallest absolute Gasteiger partial charge is 0.407 e. The van der Waals surface area contributed by atoms with Gasteiger partial charge in [0.15, 0.2) is 0 Å². The van der Waals surface area contributed by atoms with Gasteiger partial charge in [-0.1, -0.05) is 90.3 Å². The number of benzene rings is 2. The van der Waals surface area contributed by atoms with Gasteiger partial charge >= 0.3 is 12.2 Å². The lowest BCUT2D eigenvalue weighted by Crippen LogP contribution is -2.53. The second kappa shape index (κ2) is 19.4. The Hall–Kier alpha value is -5.66. The molecule has 2 aromatic heterocycles. The van der Waals surface area contributed by atoms with Crippen molar-refractivity contribution in [1.29, 1.82) is 0 Å². The van der Waals surface area contributed by atoms with E-state index in [2.05, 4.69) is 81.8 Å². The first-order valence-electron chi connectivity index (χ1n) is 25.4. The van der Waals surface area contributed by atoms with Gasteiger partial charge in [0.2, 0.25) is 11.8 Å². The molecule has 4 aromatic rings. The molecule has 14 heteroatoms. The van der Waals surface area contributed by atoms with Crippen molar-refractivity contribution in [3.05, 3.63) is 82.7 Å². The number of carbonyl (C=O) groups excluding carboxylic acids is 4. The van der Waals surface area contributed by atoms with Gasteiger partial charge in [-0.15, -0.1) is 0 Å². The number of H-pyrrole nitrogens is 2. The summed E-state index contributed by atoms with van der Waals surface area (Å²) < 4.78 is 9.78. The molecule has 364 valence electrons. The molecular formula is C54H72N8O6. The van der Waals surface area contributed by atoms with Crippen LogP contribution in [0.25, 0.3) is 22.2 Å². The maximum Gasteiger partial charge on any atom is 0.407 e. The van der Waals surface area contributed by atoms with Crippen LogP contribution in [0.15, 0.2) is 54.2 Å². The molecule has 6 aliphatic carbocycles. The zero-order chi connectivity index (χ0) is 48.0. The highest BCUT2D eigenvalue weighted by atomic mass is 16.5. The summed E-state index contributed by atoms with van der Waals surface area (Å²) in [6.45, 7) is 13.2. The Morgan fingerprint density at radius 1 is 0.794 bits per heavy atom. The van der Waals surface area contributed by atoms with Crippen molar-refractivity contribution in [2.75, 3.05) is 20.8 Å². The van der Waals surface area contributed by atoms with Crippen molar-refractivity contribution in [1.82, 2.24) is 40.4 Å². The number of allylic oxidation sites excluding steroid dienone is 2. The van der Waals surface area contributed by atoms with Crippen molar-refractivity contribution in [2.24, 2.45) is 29.6 Å². The van der Waals surface area contributed by atoms with Crippen LogP contribution in [0.3, 0.4) is 0 Å². The number of rotatable bonds is 10. The van der Waals surface area contributed by atoms with Crippen molar-refractivity contribution >= 4 is 35.0 Å². The molecule has 2 aliphatic heterocycles. The van der Waals surface area contributed by atoms with Gasteiger partial charge in [-0.25, -0.2) is 19.6 Å². The molecule has 12 rings (SSSR count). The number of methoxy groups -OCH3 is 2. The minimum atomic E-state index is -0.691. The molecule has 9 unspecified atom stereocenters. The normalized spacial score (nSPS) is 26.8. The van der Waals surface area contributed by atoms with E-state index >= 15 is 0 Å². The molecule has 3 fully saturated rings. The average Bonchev–Trinajstić information content (AvgIpc) is 4.16. The number of aromatic nitrogens is 4. The van der Waals surface area contributed by atoms with Gasteiger partial charge in [0, 0.05) is 29.9 Å². The molecule has 9 atom stereocenters. The Morgan fingerprint density at radius 2 is 1.53 bits per heavy atom. The van der Waals surface area contributed by atoms with E-state index in [4.69, 9.17) is 19.4 Å². The lowest BCUT2D eigenvalue weighted by molar-refractivity contribution is -0.138. The number of likely N-dealkylation sites (tertiary alicyclic amines) is 2. The molecule has 0 radical (unpaired) electrons. The summed E-state index contributed by atoms with van der Waals surface area (Å²) in [5, 5.41) is 5.61. The fourth-order valence-electron chi connectivity index (χ4n) is 12.6. The number of nitrogens with one attached hydrogen (secondary N) is 4. The van der Waals surface area contributed by atoms with Gasteiger partial charge in [0.1, 0.15) is 23.7 Å². The zero-order valence-corrected chi connectivity index (χ0v) is 41.3. The van der Waals surface area contributed by atoms with Gasteiger partial charge in [-0.3, -0.25) is 9.59 Å². The molecule has 14 nitrogen and oxygen atoms in total. The van der Waals surface area contributed by atoms with Crippen LogP contribution in [0.5, 0.6) is 0 Å². The monoisotopic (exact) mass is 929 g/mol. The van der Waals surface area contributed by atoms with Crippen LogP contribution in [0.2, 0.25) is 0 Å². The molecule has 4 N–H and O–H groups in total. The molecule has 1 saturated carbocycles. The standard InChI is InChI=1S/C54H72N8O6/c1-30(2)46(59-52(65)67-7)50(63)61-23-11-14-43(61)48-55-29-45(58-48)54(6)28-37-19-18-34-17-15-33(16-21-38(54)24-32(37)5)25-39(34)35-20-22-40-41(26-35)57-49(56-40)44-27-36-12-9-10-13-42(36)62(44)51(64)47(31(3)4)60-53(66)68-8/h15,17,20,22,24-26,29-32,36-37,42-44,46-47H,9-14,16,18-19,21,23,27-28H2,1-8H3,(H,55,58)(H,56,57)(H,59,65)(H,60,66). The van der Waals surface area contributed by atoms with Crippen LogP contribution in [-0.4, -0.2) is 92.6 Å². The van der Waals surface area contributed by atoms with Gasteiger partial charge in [-0.05, 0) is 128 Å². The molecule has 4 amide bonds. The van der Waals surface area contributed by atoms with Crippen LogP contribution in [0, 0.1) is 29.6 Å². The largest absolute Gasteiger partial charge is 0.453 e. The SMILES string of the molecule is COC(=O)NC(C(=O)N1CCCC1c1ncc(C2(C)CC3CCc4ccc(cc4-c4ccc5nc(C6CC7CCCCC7N6C(=O)C(NC(=O)OC)C(C)C)[nH]c5c4)CCC2=CC3C)[nH]1)C(C)C. The number of alkyl carbamates (subject to hydrolysis) is 2. The van der Waals surface area contributed by atoms with Crippen LogP contribution in [0.1, 0.15) is 146 Å². The summed E-state index contributed by atoms with van der Waals surface area (Å²) in [4.78, 5) is 74.6. The lowest BCUT2D eigenvalue weighted by Gasteiger charge is -2.42. The molecule has 2 saturated heterocycles. The molecule has 4 bridgehead atoms. The predicted octanol–water partition coefficient (Wildman–Crippen LogP) is 9.63. The molecule has 2 aromatic carbocycles. The van der Waals surface area contributed by atoms with Gasteiger partial charge < -0.3 is 39.9 Å². The van der Waals surface area contributed by atoms with E-state index in [0.717, 1.165) is 105 Å². The highest BCUT2D eigenvalue weighted by molar-refractivity contribution is 5.88. The Bertz CT molecular complexity index is 2560. The minimum absolute atomic E-state index is 0.0645. The first-order valence-corrected chi connectivity index (χ1v) is 25.4. The number of aromatic amines is 2. The highest BCUT2D eigenvalue weighted by Gasteiger charge is 2.49. The molecule has 8 aliphatic rings. The van der Waals surface area contributed by atoms with Gasteiger partial charge in [0.25, 0.3) is 0 Å². The Labute approximate surface area is 401 Å². The third kappa shape index (κ3) is 9.04. The number of ether oxygens (including phenoxy) is 2. The average molecular weight is 929 g/mol. The number of fused-ring (bicyclic) bond motifs is 2. The van der Waals surface area contributed by atoms with Gasteiger partial charge in [0.05, 0.1) is 37.3 Å². The summed E-state index contributed by atoms with van der Waals surface area (Å²) in [6, 6.07) is 12.0. The number of hydrogen-bond acceptors (Lipinski definition) is 8. The Morgan fingerprint density at radius 3 is 2.26 bits per heavy atom. The van der Waals surface area contributed by atoms with E-state index in [9.17, 15) is 19.2 Å². The lowest BCUT2D eigenvalue weighted by atomic mass is 9.62. The quantitative estimate of drug-likeness (QED) is 0.114. The van der Waals surface area contributed by atoms with Gasteiger partial charge in [-0.2, -0.15) is 0 Å². The van der Waals surface area contributed by atoms with Crippen LogP contribution >= 0.6 is 0 Å². The number of carbonyl (C=O) groups is 4. The van der Waals surface area contributed by atoms with E-state index in [1.807, 2.05) is 38.8 Å². The summed E-state index contributed by atoms with van der Waals surface area (Å²) in [6.07, 6.45) is 15.0. The predicted molar refractivity (Wildman–Crippen MR) is 261 cm³/mol. The van der Waals surface area contributed by atoms with Crippen LogP contribution < -0.4 is 10.6 Å². The van der Waals surface area contributed by atoms with Crippen molar-refractivity contribution in [3.63, 3.8) is 0 Å². The number of aryl methyl sites for hydroxylation is 2. The molecule has 68 heavy (non-hydrogen) atoms. The second-order valence-corrected chi connectivity index (χ2v) is 21.4. The fraction of sp³-hybridized carbons (Fsp3) is 0.593. The number of nitrogens with zero attached hydrogens (tertiary/aromatic N) is 4. The summed E-state index contributed by atoms with van der Waals surface area (Å²) in [5.74, 6) is 2.51. The third-order valence-corrected chi connectivity index (χ3v) is 16.5. The highest BCUT2D eigenvalue weighted by Crippen LogP contribution is 2.49. The molecular weight excluding hydrogens is 857 g/mol. The summed E-state index contributed by atoms with van der Waals surface area (Å²) in [5.41, 5.74) is 9.17.